The lowest BCUT2D eigenvalue weighted by molar-refractivity contribution is -0.176. The van der Waals surface area contributed by atoms with Crippen LogP contribution in [0.3, 0.4) is 0 Å². The number of sulfone groups is 1. The smallest absolute Gasteiger partial charge is 0.390 e. The van der Waals surface area contributed by atoms with Crippen LogP contribution in [0.5, 0.6) is 0 Å². The third kappa shape index (κ3) is 5.70. The lowest BCUT2D eigenvalue weighted by Crippen LogP contribution is -2.63. The Hall–Kier alpha value is -1.27. The molecule has 1 unspecified atom stereocenters. The standard InChI is InChI=1S/C29H41F5O5S2/c1-2-27(30,29(33,34)41(37,38)39)28(31,32)40(35,36)26-24(21-14-8-4-9-15-21)18-23(20-12-6-3-7-13-20)19-25(26)22-16-10-5-11-17-22/h18-22H,2-17H2,1H3,(H,37,38,39)/p-1. The molecule has 4 rings (SSSR count). The van der Waals surface area contributed by atoms with Crippen LogP contribution >= 0.6 is 0 Å². The van der Waals surface area contributed by atoms with Gasteiger partial charge in [0.2, 0.25) is 9.84 Å². The lowest BCUT2D eigenvalue weighted by Gasteiger charge is -2.40. The highest BCUT2D eigenvalue weighted by Crippen LogP contribution is 2.55. The van der Waals surface area contributed by atoms with Crippen molar-refractivity contribution in [1.29, 1.82) is 0 Å². The summed E-state index contributed by atoms with van der Waals surface area (Å²) in [4.78, 5) is -0.838. The summed E-state index contributed by atoms with van der Waals surface area (Å²) in [7, 11) is -13.2. The third-order valence-electron chi connectivity index (χ3n) is 9.67. The number of benzene rings is 1. The van der Waals surface area contributed by atoms with Crippen LogP contribution in [0, 0.1) is 0 Å². The van der Waals surface area contributed by atoms with Gasteiger partial charge in [0.1, 0.15) is 0 Å². The van der Waals surface area contributed by atoms with E-state index >= 15 is 13.2 Å². The van der Waals surface area contributed by atoms with Gasteiger partial charge in [0.05, 0.1) is 4.90 Å². The van der Waals surface area contributed by atoms with Crippen LogP contribution in [0.25, 0.3) is 0 Å². The molecule has 0 N–H and O–H groups in total. The second-order valence-electron chi connectivity index (χ2n) is 12.2. The Balaban J connectivity index is 2.01. The van der Waals surface area contributed by atoms with Crippen LogP contribution in [-0.2, 0) is 20.0 Å². The van der Waals surface area contributed by atoms with Gasteiger partial charge in [-0.05, 0) is 79.4 Å². The molecule has 41 heavy (non-hydrogen) atoms. The fourth-order valence-electron chi connectivity index (χ4n) is 7.23. The minimum atomic E-state index is -6.98. The van der Waals surface area contributed by atoms with Crippen molar-refractivity contribution < 1.29 is 43.3 Å². The Morgan fingerprint density at radius 3 is 1.37 bits per heavy atom. The van der Waals surface area contributed by atoms with Crippen LogP contribution in [0.4, 0.5) is 22.0 Å². The normalized spacial score (nSPS) is 22.9. The molecular formula is C29H40F5O5S2-. The molecular weight excluding hydrogens is 587 g/mol. The van der Waals surface area contributed by atoms with Gasteiger partial charge in [0, 0.05) is 0 Å². The zero-order valence-corrected chi connectivity index (χ0v) is 25.1. The van der Waals surface area contributed by atoms with Gasteiger partial charge in [-0.1, -0.05) is 76.8 Å². The van der Waals surface area contributed by atoms with E-state index in [1.54, 1.807) is 12.1 Å². The SMILES string of the molecule is CCC(F)(C(F)(F)S(=O)(=O)[O-])C(F)(F)S(=O)(=O)c1c(C2CCCCC2)cc(C2CCCCC2)cc1C1CCCCC1. The van der Waals surface area contributed by atoms with Crippen molar-refractivity contribution in [3.05, 3.63) is 28.8 Å². The maximum Gasteiger partial charge on any atom is 0.390 e. The molecule has 5 nitrogen and oxygen atoms in total. The van der Waals surface area contributed by atoms with E-state index in [0.29, 0.717) is 32.6 Å². The van der Waals surface area contributed by atoms with Crippen LogP contribution in [0.2, 0.25) is 0 Å². The van der Waals surface area contributed by atoms with Crippen molar-refractivity contribution >= 4 is 20.0 Å². The number of alkyl halides is 5. The summed E-state index contributed by atoms with van der Waals surface area (Å²) in [5, 5.41) is -12.1. The highest BCUT2D eigenvalue weighted by atomic mass is 32.2. The molecule has 0 amide bonds. The fourth-order valence-corrected chi connectivity index (χ4v) is 9.99. The van der Waals surface area contributed by atoms with Gasteiger partial charge in [0.25, 0.3) is 5.67 Å². The first-order chi connectivity index (χ1) is 19.1. The molecule has 1 atom stereocenters. The Bertz CT molecular complexity index is 1260. The van der Waals surface area contributed by atoms with Gasteiger partial charge < -0.3 is 4.55 Å². The Morgan fingerprint density at radius 2 is 1.02 bits per heavy atom. The van der Waals surface area contributed by atoms with Crippen molar-refractivity contribution in [3.63, 3.8) is 0 Å². The van der Waals surface area contributed by atoms with Crippen LogP contribution in [0.15, 0.2) is 17.0 Å². The second-order valence-corrected chi connectivity index (χ2v) is 15.5. The maximum atomic E-state index is 16.1. The molecule has 0 aliphatic heterocycles. The first kappa shape index (κ1) is 32.6. The Kier molecular flexibility index (Phi) is 9.57. The highest BCUT2D eigenvalue weighted by molar-refractivity contribution is 7.92. The summed E-state index contributed by atoms with van der Waals surface area (Å²) in [6, 6.07) is 3.24. The van der Waals surface area contributed by atoms with Gasteiger partial charge in [0.15, 0.2) is 10.1 Å². The number of rotatable bonds is 9. The molecule has 1 aromatic rings. The predicted molar refractivity (Wildman–Crippen MR) is 145 cm³/mol. The topological polar surface area (TPSA) is 91.3 Å². The van der Waals surface area contributed by atoms with E-state index < -0.39 is 59.3 Å². The van der Waals surface area contributed by atoms with Crippen molar-refractivity contribution in [3.8, 4) is 0 Å². The number of hydrogen-bond acceptors (Lipinski definition) is 5. The van der Waals surface area contributed by atoms with Crippen LogP contribution in [0.1, 0.15) is 144 Å². The average molecular weight is 628 g/mol. The Morgan fingerprint density at radius 1 is 0.659 bits per heavy atom. The van der Waals surface area contributed by atoms with Gasteiger partial charge >= 0.3 is 10.5 Å². The lowest BCUT2D eigenvalue weighted by atomic mass is 9.76. The summed E-state index contributed by atoms with van der Waals surface area (Å²) in [6.45, 7) is 0.485. The van der Waals surface area contributed by atoms with E-state index in [4.69, 9.17) is 0 Å². The van der Waals surface area contributed by atoms with Crippen molar-refractivity contribution in [1.82, 2.24) is 0 Å². The molecule has 0 radical (unpaired) electrons. The minimum absolute atomic E-state index is 0.0940. The molecule has 234 valence electrons. The zero-order chi connectivity index (χ0) is 30.3. The van der Waals surface area contributed by atoms with Crippen molar-refractivity contribution in [2.45, 2.75) is 148 Å². The molecule has 1 aromatic carbocycles. The largest absolute Gasteiger partial charge is 0.743 e. The predicted octanol–water partition coefficient (Wildman–Crippen LogP) is 8.45. The van der Waals surface area contributed by atoms with Crippen molar-refractivity contribution in [2.24, 2.45) is 0 Å². The number of halogens is 5. The first-order valence-electron chi connectivity index (χ1n) is 14.9. The summed E-state index contributed by atoms with van der Waals surface area (Å²) >= 11 is 0. The quantitative estimate of drug-likeness (QED) is 0.202. The molecule has 3 saturated carbocycles. The molecule has 12 heteroatoms. The zero-order valence-electron chi connectivity index (χ0n) is 23.4. The molecule has 0 aromatic heterocycles. The summed E-state index contributed by atoms with van der Waals surface area (Å²) in [6.07, 6.45) is 9.48. The molecule has 0 heterocycles. The average Bonchev–Trinajstić information content (AvgIpc) is 2.96. The van der Waals surface area contributed by atoms with E-state index in [1.807, 2.05) is 0 Å². The van der Waals surface area contributed by atoms with E-state index in [2.05, 4.69) is 0 Å². The maximum absolute atomic E-state index is 16.1. The fraction of sp³-hybridized carbons (Fsp3) is 0.793. The van der Waals surface area contributed by atoms with E-state index in [9.17, 15) is 30.2 Å². The van der Waals surface area contributed by atoms with Gasteiger partial charge in [-0.3, -0.25) is 0 Å². The van der Waals surface area contributed by atoms with E-state index in [1.165, 1.54) is 0 Å². The van der Waals surface area contributed by atoms with Gasteiger partial charge in [-0.25, -0.2) is 21.2 Å². The summed E-state index contributed by atoms with van der Waals surface area (Å²) in [5.74, 6) is -0.805. The van der Waals surface area contributed by atoms with Gasteiger partial charge in [-0.15, -0.1) is 0 Å². The van der Waals surface area contributed by atoms with Crippen LogP contribution in [-0.4, -0.2) is 37.6 Å². The first-order valence-corrected chi connectivity index (χ1v) is 17.8. The molecule has 3 aliphatic rings. The molecule has 3 aliphatic carbocycles. The van der Waals surface area contributed by atoms with E-state index in [0.717, 1.165) is 76.2 Å². The van der Waals surface area contributed by atoms with E-state index in [-0.39, 0.29) is 17.0 Å². The molecule has 3 fully saturated rings. The Labute approximate surface area is 240 Å². The summed E-state index contributed by atoms with van der Waals surface area (Å²) in [5.41, 5.74) is -4.45. The summed E-state index contributed by atoms with van der Waals surface area (Å²) < 4.78 is 139. The third-order valence-corrected chi connectivity index (χ3v) is 12.6. The highest BCUT2D eigenvalue weighted by Gasteiger charge is 2.77. The van der Waals surface area contributed by atoms with Crippen LogP contribution < -0.4 is 0 Å². The molecule has 0 saturated heterocycles. The minimum Gasteiger partial charge on any atom is -0.743 e. The second kappa shape index (κ2) is 12.0. The number of hydrogen-bond donors (Lipinski definition) is 0. The van der Waals surface area contributed by atoms with Gasteiger partial charge in [-0.2, -0.15) is 17.6 Å². The molecule has 0 bridgehead atoms. The monoisotopic (exact) mass is 627 g/mol. The van der Waals surface area contributed by atoms with Crippen molar-refractivity contribution in [2.75, 3.05) is 0 Å². The molecule has 0 spiro atoms.